The SMILES string of the molecule is COCCN(CCOc1ccccc1F)C(=O)c1cncn1C. The van der Waals surface area contributed by atoms with Crippen LogP contribution in [0, 0.1) is 5.82 Å². The minimum absolute atomic E-state index is 0.167. The first-order chi connectivity index (χ1) is 11.1. The Morgan fingerprint density at radius 1 is 1.30 bits per heavy atom. The smallest absolute Gasteiger partial charge is 0.272 e. The number of ether oxygens (including phenoxy) is 2. The summed E-state index contributed by atoms with van der Waals surface area (Å²) in [5.74, 6) is -0.416. The fraction of sp³-hybridized carbons (Fsp3) is 0.375. The summed E-state index contributed by atoms with van der Waals surface area (Å²) in [5.41, 5.74) is 0.479. The second-order valence-electron chi connectivity index (χ2n) is 4.95. The number of carbonyl (C=O) groups excluding carboxylic acids is 1. The van der Waals surface area contributed by atoms with Gasteiger partial charge >= 0.3 is 0 Å². The molecule has 0 atom stereocenters. The number of nitrogens with zero attached hydrogens (tertiary/aromatic N) is 3. The molecular weight excluding hydrogens is 301 g/mol. The average Bonchev–Trinajstić information content (AvgIpc) is 2.98. The van der Waals surface area contributed by atoms with Crippen molar-refractivity contribution in [1.82, 2.24) is 14.5 Å². The molecule has 0 bridgehead atoms. The number of amides is 1. The van der Waals surface area contributed by atoms with Gasteiger partial charge in [0.15, 0.2) is 11.6 Å². The van der Waals surface area contributed by atoms with Crippen LogP contribution in [0.4, 0.5) is 4.39 Å². The quantitative estimate of drug-likeness (QED) is 0.743. The number of rotatable bonds is 8. The Kier molecular flexibility index (Phi) is 6.10. The summed E-state index contributed by atoms with van der Waals surface area (Å²) in [6.07, 6.45) is 3.08. The number of carbonyl (C=O) groups is 1. The molecule has 23 heavy (non-hydrogen) atoms. The van der Waals surface area contributed by atoms with Crippen molar-refractivity contribution in [3.63, 3.8) is 0 Å². The van der Waals surface area contributed by atoms with Crippen molar-refractivity contribution in [3.05, 3.63) is 48.3 Å². The lowest BCUT2D eigenvalue weighted by atomic mass is 10.3. The molecule has 0 aliphatic rings. The Bertz CT molecular complexity index is 645. The maximum absolute atomic E-state index is 13.5. The second-order valence-corrected chi connectivity index (χ2v) is 4.95. The summed E-state index contributed by atoms with van der Waals surface area (Å²) >= 11 is 0. The van der Waals surface area contributed by atoms with Gasteiger partial charge in [-0.2, -0.15) is 0 Å². The normalized spacial score (nSPS) is 10.6. The molecule has 0 N–H and O–H groups in total. The number of halogens is 1. The highest BCUT2D eigenvalue weighted by atomic mass is 19.1. The summed E-state index contributed by atoms with van der Waals surface area (Å²) in [5, 5.41) is 0. The molecule has 0 spiro atoms. The van der Waals surface area contributed by atoms with Gasteiger partial charge in [0.25, 0.3) is 5.91 Å². The molecule has 124 valence electrons. The number of methoxy groups -OCH3 is 1. The Labute approximate surface area is 134 Å². The number of hydrogen-bond acceptors (Lipinski definition) is 4. The molecule has 0 aliphatic heterocycles. The van der Waals surface area contributed by atoms with Gasteiger partial charge < -0.3 is 18.9 Å². The predicted octanol–water partition coefficient (Wildman–Crippen LogP) is 1.73. The van der Waals surface area contributed by atoms with Crippen LogP contribution in [-0.2, 0) is 11.8 Å². The Morgan fingerprint density at radius 2 is 2.04 bits per heavy atom. The van der Waals surface area contributed by atoms with Gasteiger partial charge in [0.2, 0.25) is 0 Å². The van der Waals surface area contributed by atoms with E-state index in [9.17, 15) is 9.18 Å². The zero-order chi connectivity index (χ0) is 16.7. The fourth-order valence-electron chi connectivity index (χ4n) is 2.07. The van der Waals surface area contributed by atoms with E-state index in [0.29, 0.717) is 25.4 Å². The van der Waals surface area contributed by atoms with Crippen LogP contribution in [0.2, 0.25) is 0 Å². The minimum Gasteiger partial charge on any atom is -0.489 e. The van der Waals surface area contributed by atoms with Crippen LogP contribution in [-0.4, -0.2) is 53.8 Å². The lowest BCUT2D eigenvalue weighted by molar-refractivity contribution is 0.0655. The first-order valence-corrected chi connectivity index (χ1v) is 7.25. The number of aromatic nitrogens is 2. The van der Waals surface area contributed by atoms with Gasteiger partial charge in [0, 0.05) is 20.7 Å². The standard InChI is InChI=1S/C16H20FN3O3/c1-19-12-18-11-14(19)16(21)20(7-9-22-2)8-10-23-15-6-4-3-5-13(15)17/h3-6,11-12H,7-10H2,1-2H3. The molecule has 0 saturated heterocycles. The van der Waals surface area contributed by atoms with Gasteiger partial charge in [-0.3, -0.25) is 4.79 Å². The van der Waals surface area contributed by atoms with Crippen LogP contribution in [0.1, 0.15) is 10.5 Å². The van der Waals surface area contributed by atoms with E-state index in [2.05, 4.69) is 4.98 Å². The highest BCUT2D eigenvalue weighted by Gasteiger charge is 2.18. The van der Waals surface area contributed by atoms with E-state index < -0.39 is 5.82 Å². The van der Waals surface area contributed by atoms with Gasteiger partial charge in [0.05, 0.1) is 25.7 Å². The molecule has 2 rings (SSSR count). The maximum Gasteiger partial charge on any atom is 0.272 e. The molecule has 0 saturated carbocycles. The van der Waals surface area contributed by atoms with E-state index in [0.717, 1.165) is 0 Å². The summed E-state index contributed by atoms with van der Waals surface area (Å²) in [6, 6.07) is 6.18. The Balaban J connectivity index is 1.97. The van der Waals surface area contributed by atoms with Crippen molar-refractivity contribution in [3.8, 4) is 5.75 Å². The average molecular weight is 321 g/mol. The van der Waals surface area contributed by atoms with Crippen LogP contribution in [0.15, 0.2) is 36.8 Å². The molecule has 1 aromatic heterocycles. The molecule has 0 radical (unpaired) electrons. The number of aryl methyl sites for hydroxylation is 1. The van der Waals surface area contributed by atoms with E-state index in [1.54, 1.807) is 48.2 Å². The van der Waals surface area contributed by atoms with Gasteiger partial charge in [-0.1, -0.05) is 12.1 Å². The Hall–Kier alpha value is -2.41. The number of para-hydroxylation sites is 1. The first kappa shape index (κ1) is 17.0. The highest BCUT2D eigenvalue weighted by molar-refractivity contribution is 5.92. The summed E-state index contributed by atoms with van der Waals surface area (Å²) in [4.78, 5) is 18.1. The summed E-state index contributed by atoms with van der Waals surface area (Å²) < 4.78 is 25.6. The fourth-order valence-corrected chi connectivity index (χ4v) is 2.07. The van der Waals surface area contributed by atoms with Crippen LogP contribution < -0.4 is 4.74 Å². The zero-order valence-corrected chi connectivity index (χ0v) is 13.2. The van der Waals surface area contributed by atoms with E-state index >= 15 is 0 Å². The maximum atomic E-state index is 13.5. The monoisotopic (exact) mass is 321 g/mol. The van der Waals surface area contributed by atoms with Crippen molar-refractivity contribution < 1.29 is 18.7 Å². The molecule has 0 fully saturated rings. The molecule has 7 heteroatoms. The predicted molar refractivity (Wildman–Crippen MR) is 82.9 cm³/mol. The van der Waals surface area contributed by atoms with Gasteiger partial charge in [-0.05, 0) is 12.1 Å². The van der Waals surface area contributed by atoms with Crippen LogP contribution in [0.5, 0.6) is 5.75 Å². The van der Waals surface area contributed by atoms with E-state index in [1.165, 1.54) is 12.3 Å². The van der Waals surface area contributed by atoms with Gasteiger partial charge in [-0.15, -0.1) is 0 Å². The number of imidazole rings is 1. The lowest BCUT2D eigenvalue weighted by Crippen LogP contribution is -2.38. The van der Waals surface area contributed by atoms with E-state index in [4.69, 9.17) is 9.47 Å². The number of benzene rings is 1. The molecular formula is C16H20FN3O3. The summed E-state index contributed by atoms with van der Waals surface area (Å²) in [6.45, 7) is 1.33. The molecule has 6 nitrogen and oxygen atoms in total. The largest absolute Gasteiger partial charge is 0.489 e. The van der Waals surface area contributed by atoms with Crippen molar-refractivity contribution >= 4 is 5.91 Å². The topological polar surface area (TPSA) is 56.6 Å². The second kappa shape index (κ2) is 8.28. The van der Waals surface area contributed by atoms with Gasteiger partial charge in [0.1, 0.15) is 12.3 Å². The Morgan fingerprint density at radius 3 is 2.70 bits per heavy atom. The molecule has 0 aliphatic carbocycles. The molecule has 2 aromatic rings. The van der Waals surface area contributed by atoms with Gasteiger partial charge in [-0.25, -0.2) is 9.37 Å². The number of hydrogen-bond donors (Lipinski definition) is 0. The van der Waals surface area contributed by atoms with Crippen molar-refractivity contribution in [2.45, 2.75) is 0 Å². The third-order valence-electron chi connectivity index (χ3n) is 3.34. The third kappa shape index (κ3) is 4.53. The van der Waals surface area contributed by atoms with E-state index in [1.807, 2.05) is 0 Å². The van der Waals surface area contributed by atoms with Crippen molar-refractivity contribution in [1.29, 1.82) is 0 Å². The summed E-state index contributed by atoms with van der Waals surface area (Å²) in [7, 11) is 3.33. The van der Waals surface area contributed by atoms with Crippen LogP contribution in [0.25, 0.3) is 0 Å². The molecule has 1 heterocycles. The minimum atomic E-state index is -0.422. The first-order valence-electron chi connectivity index (χ1n) is 7.25. The third-order valence-corrected chi connectivity index (χ3v) is 3.34. The lowest BCUT2D eigenvalue weighted by Gasteiger charge is -2.22. The van der Waals surface area contributed by atoms with E-state index in [-0.39, 0.29) is 18.3 Å². The zero-order valence-electron chi connectivity index (χ0n) is 13.2. The molecule has 0 unspecified atom stereocenters. The van der Waals surface area contributed by atoms with Crippen molar-refractivity contribution in [2.75, 3.05) is 33.4 Å². The molecule has 1 aromatic carbocycles. The molecule has 1 amide bonds. The van der Waals surface area contributed by atoms with Crippen LogP contribution >= 0.6 is 0 Å². The highest BCUT2D eigenvalue weighted by Crippen LogP contribution is 2.15. The van der Waals surface area contributed by atoms with Crippen molar-refractivity contribution in [2.24, 2.45) is 7.05 Å². The van der Waals surface area contributed by atoms with Crippen LogP contribution in [0.3, 0.4) is 0 Å².